The Hall–Kier alpha value is -1.18. The first kappa shape index (κ1) is 22.9. The molecule has 2 nitrogen and oxygen atoms in total. The lowest BCUT2D eigenvalue weighted by Crippen LogP contribution is -2.13. The van der Waals surface area contributed by atoms with Crippen LogP contribution < -0.4 is 9.47 Å². The summed E-state index contributed by atoms with van der Waals surface area (Å²) in [5.74, 6) is 3.36. The Labute approximate surface area is 162 Å². The van der Waals surface area contributed by atoms with Crippen LogP contribution in [-0.2, 0) is 0 Å². The van der Waals surface area contributed by atoms with E-state index < -0.39 is 0 Å². The molecule has 0 heterocycles. The molecule has 0 aromatic heterocycles. The van der Waals surface area contributed by atoms with E-state index in [0.717, 1.165) is 24.7 Å². The first-order valence-corrected chi connectivity index (χ1v) is 10.9. The predicted octanol–water partition coefficient (Wildman–Crippen LogP) is 7.49. The van der Waals surface area contributed by atoms with Crippen LogP contribution in [0.15, 0.2) is 12.1 Å². The van der Waals surface area contributed by atoms with Crippen molar-refractivity contribution in [1.82, 2.24) is 0 Å². The minimum absolute atomic E-state index is 0.662. The molecule has 0 aliphatic carbocycles. The lowest BCUT2D eigenvalue weighted by Gasteiger charge is -2.20. The van der Waals surface area contributed by atoms with Crippen molar-refractivity contribution in [3.63, 3.8) is 0 Å². The quantitative estimate of drug-likeness (QED) is 0.341. The van der Waals surface area contributed by atoms with Crippen molar-refractivity contribution in [3.05, 3.63) is 23.3 Å². The third-order valence-electron chi connectivity index (χ3n) is 5.51. The highest BCUT2D eigenvalue weighted by Crippen LogP contribution is 2.29. The Morgan fingerprint density at radius 3 is 1.38 bits per heavy atom. The summed E-state index contributed by atoms with van der Waals surface area (Å²) >= 11 is 0. The Morgan fingerprint density at radius 2 is 1.08 bits per heavy atom. The van der Waals surface area contributed by atoms with Gasteiger partial charge in [0.15, 0.2) is 0 Å². The van der Waals surface area contributed by atoms with E-state index in [1.54, 1.807) is 0 Å². The Morgan fingerprint density at radius 1 is 0.692 bits per heavy atom. The fraction of sp³-hybridized carbons (Fsp3) is 0.750. The number of hydrogen-bond donors (Lipinski definition) is 0. The summed E-state index contributed by atoms with van der Waals surface area (Å²) < 4.78 is 12.3. The molecule has 0 amide bonds. The summed E-state index contributed by atoms with van der Waals surface area (Å²) in [6.07, 6.45) is 10.0. The fourth-order valence-corrected chi connectivity index (χ4v) is 3.29. The molecular formula is C24H42O2. The van der Waals surface area contributed by atoms with Gasteiger partial charge in [0.05, 0.1) is 13.2 Å². The maximum atomic E-state index is 6.17. The van der Waals surface area contributed by atoms with Gasteiger partial charge in [-0.25, -0.2) is 0 Å². The zero-order valence-corrected chi connectivity index (χ0v) is 18.2. The van der Waals surface area contributed by atoms with Gasteiger partial charge in [0.2, 0.25) is 0 Å². The molecule has 1 aromatic carbocycles. The molecule has 1 rings (SSSR count). The van der Waals surface area contributed by atoms with Crippen LogP contribution in [0.2, 0.25) is 0 Å². The number of rotatable bonds is 14. The number of unbranched alkanes of at least 4 members (excludes halogenated alkanes) is 2. The molecule has 1 aromatic rings. The first-order valence-electron chi connectivity index (χ1n) is 10.9. The average molecular weight is 363 g/mol. The molecule has 0 fully saturated rings. The highest BCUT2D eigenvalue weighted by atomic mass is 16.5. The normalized spacial score (nSPS) is 13.5. The van der Waals surface area contributed by atoms with E-state index in [1.807, 2.05) is 0 Å². The fourth-order valence-electron chi connectivity index (χ4n) is 3.29. The van der Waals surface area contributed by atoms with E-state index in [2.05, 4.69) is 53.7 Å². The van der Waals surface area contributed by atoms with Crippen molar-refractivity contribution in [3.8, 4) is 11.5 Å². The number of benzene rings is 1. The zero-order chi connectivity index (χ0) is 19.4. The molecule has 0 radical (unpaired) electrons. The maximum Gasteiger partial charge on any atom is 0.122 e. The minimum atomic E-state index is 0.662. The summed E-state index contributed by atoms with van der Waals surface area (Å²) in [6, 6.07) is 4.31. The third kappa shape index (κ3) is 8.01. The molecule has 0 bridgehead atoms. The van der Waals surface area contributed by atoms with Gasteiger partial charge in [-0.05, 0) is 61.8 Å². The van der Waals surface area contributed by atoms with E-state index in [1.165, 1.54) is 62.5 Å². The summed E-state index contributed by atoms with van der Waals surface area (Å²) in [4.78, 5) is 0. The molecule has 2 unspecified atom stereocenters. The summed E-state index contributed by atoms with van der Waals surface area (Å²) in [7, 11) is 0. The second-order valence-corrected chi connectivity index (χ2v) is 7.84. The largest absolute Gasteiger partial charge is 0.493 e. The Kier molecular flexibility index (Phi) is 11.5. The van der Waals surface area contributed by atoms with E-state index >= 15 is 0 Å². The Bertz CT molecular complexity index is 449. The highest BCUT2D eigenvalue weighted by molar-refractivity contribution is 5.45. The molecule has 0 spiro atoms. The standard InChI is InChI=1S/C24H42O2/c1-7-11-13-21(9-3)17-25-23-15-20(6)24(16-19(23)5)26-18-22(10-4)14-12-8-2/h15-16,21-22H,7-14,17-18H2,1-6H3. The van der Waals surface area contributed by atoms with Crippen LogP contribution in [0.1, 0.15) is 90.2 Å². The number of aryl methyl sites for hydroxylation is 2. The molecule has 150 valence electrons. The molecule has 0 saturated carbocycles. The average Bonchev–Trinajstić information content (AvgIpc) is 2.65. The Balaban J connectivity index is 2.63. The molecule has 0 aliphatic heterocycles. The van der Waals surface area contributed by atoms with E-state index in [0.29, 0.717) is 11.8 Å². The summed E-state index contributed by atoms with van der Waals surface area (Å²) in [5, 5.41) is 0. The lowest BCUT2D eigenvalue weighted by molar-refractivity contribution is 0.226. The predicted molar refractivity (Wildman–Crippen MR) is 114 cm³/mol. The second-order valence-electron chi connectivity index (χ2n) is 7.84. The van der Waals surface area contributed by atoms with Crippen molar-refractivity contribution in [2.75, 3.05) is 13.2 Å². The summed E-state index contributed by atoms with van der Waals surface area (Å²) in [5.41, 5.74) is 2.36. The van der Waals surface area contributed by atoms with Gasteiger partial charge in [0, 0.05) is 0 Å². The molecule has 2 atom stereocenters. The molecular weight excluding hydrogens is 320 g/mol. The van der Waals surface area contributed by atoms with Crippen molar-refractivity contribution >= 4 is 0 Å². The van der Waals surface area contributed by atoms with E-state index in [-0.39, 0.29) is 0 Å². The topological polar surface area (TPSA) is 18.5 Å². The van der Waals surface area contributed by atoms with Crippen LogP contribution in [-0.4, -0.2) is 13.2 Å². The first-order chi connectivity index (χ1) is 12.5. The SMILES string of the molecule is CCCCC(CC)COc1cc(C)c(OCC(CC)CCCC)cc1C. The molecule has 26 heavy (non-hydrogen) atoms. The smallest absolute Gasteiger partial charge is 0.122 e. The highest BCUT2D eigenvalue weighted by Gasteiger charge is 2.12. The van der Waals surface area contributed by atoms with Crippen molar-refractivity contribution < 1.29 is 9.47 Å². The van der Waals surface area contributed by atoms with Crippen LogP contribution in [0.3, 0.4) is 0 Å². The molecule has 0 aliphatic rings. The zero-order valence-electron chi connectivity index (χ0n) is 18.2. The van der Waals surface area contributed by atoms with Crippen LogP contribution in [0, 0.1) is 25.7 Å². The van der Waals surface area contributed by atoms with Gasteiger partial charge in [-0.15, -0.1) is 0 Å². The number of ether oxygens (including phenoxy) is 2. The van der Waals surface area contributed by atoms with Gasteiger partial charge >= 0.3 is 0 Å². The van der Waals surface area contributed by atoms with Crippen molar-refractivity contribution in [1.29, 1.82) is 0 Å². The van der Waals surface area contributed by atoms with Gasteiger partial charge in [-0.3, -0.25) is 0 Å². The second kappa shape index (κ2) is 13.1. The molecule has 0 saturated heterocycles. The maximum absolute atomic E-state index is 6.17. The van der Waals surface area contributed by atoms with Crippen LogP contribution >= 0.6 is 0 Å². The van der Waals surface area contributed by atoms with Crippen LogP contribution in [0.4, 0.5) is 0 Å². The van der Waals surface area contributed by atoms with E-state index in [4.69, 9.17) is 9.47 Å². The third-order valence-corrected chi connectivity index (χ3v) is 5.51. The lowest BCUT2D eigenvalue weighted by atomic mass is 10.0. The van der Waals surface area contributed by atoms with Crippen LogP contribution in [0.25, 0.3) is 0 Å². The van der Waals surface area contributed by atoms with Gasteiger partial charge in [0.25, 0.3) is 0 Å². The van der Waals surface area contributed by atoms with Gasteiger partial charge in [-0.1, -0.05) is 66.2 Å². The van der Waals surface area contributed by atoms with Gasteiger partial charge < -0.3 is 9.47 Å². The molecule has 2 heteroatoms. The van der Waals surface area contributed by atoms with Crippen LogP contribution in [0.5, 0.6) is 11.5 Å². The molecule has 0 N–H and O–H groups in total. The van der Waals surface area contributed by atoms with Gasteiger partial charge in [-0.2, -0.15) is 0 Å². The monoisotopic (exact) mass is 362 g/mol. The van der Waals surface area contributed by atoms with Gasteiger partial charge in [0.1, 0.15) is 11.5 Å². The van der Waals surface area contributed by atoms with Crippen molar-refractivity contribution in [2.24, 2.45) is 11.8 Å². The summed E-state index contributed by atoms with van der Waals surface area (Å²) in [6.45, 7) is 14.9. The minimum Gasteiger partial charge on any atom is -0.493 e. The van der Waals surface area contributed by atoms with Crippen molar-refractivity contribution in [2.45, 2.75) is 92.9 Å². The number of hydrogen-bond acceptors (Lipinski definition) is 2. The van der Waals surface area contributed by atoms with E-state index in [9.17, 15) is 0 Å².